The fraction of sp³-hybridized carbons (Fsp3) is 0.462. The molecular formula is C13H20N4. The molecule has 2 rings (SSSR count). The maximum atomic E-state index is 5.55. The van der Waals surface area contributed by atoms with E-state index < -0.39 is 0 Å². The van der Waals surface area contributed by atoms with Crippen LogP contribution in [-0.4, -0.2) is 29.0 Å². The summed E-state index contributed by atoms with van der Waals surface area (Å²) in [5, 5.41) is 0. The van der Waals surface area contributed by atoms with E-state index in [0.717, 1.165) is 30.9 Å². The number of hydrogen-bond donors (Lipinski definition) is 1. The molecule has 4 heteroatoms. The molecule has 92 valence electrons. The first-order valence-corrected chi connectivity index (χ1v) is 6.21. The van der Waals surface area contributed by atoms with Crippen LogP contribution in [-0.2, 0) is 6.42 Å². The Bertz CT molecular complexity index is 485. The van der Waals surface area contributed by atoms with E-state index in [2.05, 4.69) is 52.7 Å². The van der Waals surface area contributed by atoms with Crippen molar-refractivity contribution in [1.82, 2.24) is 9.38 Å². The van der Waals surface area contributed by atoms with E-state index in [0.29, 0.717) is 6.54 Å². The summed E-state index contributed by atoms with van der Waals surface area (Å²) < 4.78 is 2.08. The summed E-state index contributed by atoms with van der Waals surface area (Å²) in [7, 11) is 0. The summed E-state index contributed by atoms with van der Waals surface area (Å²) in [6.45, 7) is 7.02. The second-order valence-electron chi connectivity index (χ2n) is 4.10. The van der Waals surface area contributed by atoms with Gasteiger partial charge in [-0.05, 0) is 32.5 Å². The average molecular weight is 232 g/mol. The molecule has 17 heavy (non-hydrogen) atoms. The van der Waals surface area contributed by atoms with Crippen LogP contribution in [0.3, 0.4) is 0 Å². The van der Waals surface area contributed by atoms with E-state index in [1.165, 1.54) is 5.69 Å². The molecule has 2 N–H and O–H groups in total. The van der Waals surface area contributed by atoms with Crippen LogP contribution < -0.4 is 10.6 Å². The molecule has 0 aliphatic rings. The zero-order valence-corrected chi connectivity index (χ0v) is 10.6. The number of aromatic nitrogens is 2. The zero-order chi connectivity index (χ0) is 12.3. The minimum absolute atomic E-state index is 0.646. The number of anilines is 1. The van der Waals surface area contributed by atoms with Crippen molar-refractivity contribution in [2.75, 3.05) is 24.5 Å². The maximum absolute atomic E-state index is 5.55. The first-order valence-electron chi connectivity index (χ1n) is 6.21. The Hall–Kier alpha value is -1.55. The van der Waals surface area contributed by atoms with Gasteiger partial charge < -0.3 is 15.0 Å². The van der Waals surface area contributed by atoms with Crippen LogP contribution in [0.1, 0.15) is 19.5 Å². The van der Waals surface area contributed by atoms with Crippen LogP contribution in [0.2, 0.25) is 0 Å². The topological polar surface area (TPSA) is 46.6 Å². The fourth-order valence-electron chi connectivity index (χ4n) is 2.08. The largest absolute Gasteiger partial charge is 0.371 e. The van der Waals surface area contributed by atoms with E-state index >= 15 is 0 Å². The van der Waals surface area contributed by atoms with E-state index in [1.54, 1.807) is 0 Å². The molecule has 0 aromatic carbocycles. The van der Waals surface area contributed by atoms with Gasteiger partial charge in [0, 0.05) is 31.9 Å². The molecule has 0 aliphatic carbocycles. The van der Waals surface area contributed by atoms with Gasteiger partial charge in [0.2, 0.25) is 0 Å². The van der Waals surface area contributed by atoms with Crippen LogP contribution >= 0.6 is 0 Å². The Morgan fingerprint density at radius 2 is 2.00 bits per heavy atom. The molecule has 0 amide bonds. The standard InChI is InChI=1S/C13H20N4/c1-3-16(4-2)12-5-6-13-15-11(7-8-14)9-17(13)10-12/h5-6,9-10H,3-4,7-8,14H2,1-2H3. The van der Waals surface area contributed by atoms with Gasteiger partial charge in [0.05, 0.1) is 11.4 Å². The maximum Gasteiger partial charge on any atom is 0.137 e. The predicted octanol–water partition coefficient (Wildman–Crippen LogP) is 1.68. The lowest BCUT2D eigenvalue weighted by atomic mass is 10.3. The Labute approximate surface area is 102 Å². The molecule has 0 unspecified atom stereocenters. The molecule has 4 nitrogen and oxygen atoms in total. The number of imidazole rings is 1. The van der Waals surface area contributed by atoms with Crippen molar-refractivity contribution in [3.8, 4) is 0 Å². The van der Waals surface area contributed by atoms with Gasteiger partial charge in [-0.1, -0.05) is 0 Å². The van der Waals surface area contributed by atoms with Gasteiger partial charge in [-0.15, -0.1) is 0 Å². The molecule has 0 saturated carbocycles. The van der Waals surface area contributed by atoms with Gasteiger partial charge in [-0.25, -0.2) is 4.98 Å². The summed E-state index contributed by atoms with van der Waals surface area (Å²) in [6.07, 6.45) is 5.03. The number of pyridine rings is 1. The summed E-state index contributed by atoms with van der Waals surface area (Å²) in [4.78, 5) is 6.84. The molecule has 0 spiro atoms. The van der Waals surface area contributed by atoms with Crippen LogP contribution in [0.5, 0.6) is 0 Å². The summed E-state index contributed by atoms with van der Waals surface area (Å²) in [5.74, 6) is 0. The lowest BCUT2D eigenvalue weighted by molar-refractivity contribution is 0.860. The number of nitrogens with two attached hydrogens (primary N) is 1. The molecule has 0 radical (unpaired) electrons. The Kier molecular flexibility index (Phi) is 3.64. The minimum atomic E-state index is 0.646. The third-order valence-electron chi connectivity index (χ3n) is 3.01. The van der Waals surface area contributed by atoms with Crippen LogP contribution in [0.25, 0.3) is 5.65 Å². The Balaban J connectivity index is 2.35. The number of fused-ring (bicyclic) bond motifs is 1. The summed E-state index contributed by atoms with van der Waals surface area (Å²) in [5.41, 5.74) is 8.83. The number of nitrogens with zero attached hydrogens (tertiary/aromatic N) is 3. The Morgan fingerprint density at radius 3 is 2.65 bits per heavy atom. The van der Waals surface area contributed by atoms with Crippen molar-refractivity contribution in [2.45, 2.75) is 20.3 Å². The van der Waals surface area contributed by atoms with E-state index in [1.807, 2.05) is 0 Å². The number of hydrogen-bond acceptors (Lipinski definition) is 3. The highest BCUT2D eigenvalue weighted by Gasteiger charge is 2.05. The van der Waals surface area contributed by atoms with E-state index in [9.17, 15) is 0 Å². The summed E-state index contributed by atoms with van der Waals surface area (Å²) in [6, 6.07) is 4.19. The van der Waals surface area contributed by atoms with E-state index in [4.69, 9.17) is 5.73 Å². The van der Waals surface area contributed by atoms with Crippen LogP contribution in [0.4, 0.5) is 5.69 Å². The molecular weight excluding hydrogens is 212 g/mol. The van der Waals surface area contributed by atoms with Crippen molar-refractivity contribution in [3.05, 3.63) is 30.2 Å². The van der Waals surface area contributed by atoms with Gasteiger partial charge >= 0.3 is 0 Å². The molecule has 0 atom stereocenters. The monoisotopic (exact) mass is 232 g/mol. The third kappa shape index (κ3) is 2.42. The first kappa shape index (κ1) is 11.9. The fourth-order valence-corrected chi connectivity index (χ4v) is 2.08. The van der Waals surface area contributed by atoms with Crippen molar-refractivity contribution in [3.63, 3.8) is 0 Å². The predicted molar refractivity (Wildman–Crippen MR) is 71.5 cm³/mol. The van der Waals surface area contributed by atoms with Crippen molar-refractivity contribution in [1.29, 1.82) is 0 Å². The van der Waals surface area contributed by atoms with E-state index in [-0.39, 0.29) is 0 Å². The first-order chi connectivity index (χ1) is 8.28. The highest BCUT2D eigenvalue weighted by Crippen LogP contribution is 2.16. The highest BCUT2D eigenvalue weighted by atomic mass is 15.1. The molecule has 0 bridgehead atoms. The molecule has 0 fully saturated rings. The van der Waals surface area contributed by atoms with Gasteiger partial charge in [0.15, 0.2) is 0 Å². The average Bonchev–Trinajstić information content (AvgIpc) is 2.73. The third-order valence-corrected chi connectivity index (χ3v) is 3.01. The van der Waals surface area contributed by atoms with Gasteiger partial charge in [0.1, 0.15) is 5.65 Å². The lowest BCUT2D eigenvalue weighted by Gasteiger charge is -2.20. The molecule has 2 aromatic rings. The van der Waals surface area contributed by atoms with Gasteiger partial charge in [-0.3, -0.25) is 0 Å². The molecule has 0 saturated heterocycles. The zero-order valence-electron chi connectivity index (χ0n) is 10.6. The number of rotatable bonds is 5. The lowest BCUT2D eigenvalue weighted by Crippen LogP contribution is -2.21. The highest BCUT2D eigenvalue weighted by molar-refractivity contribution is 5.52. The summed E-state index contributed by atoms with van der Waals surface area (Å²) >= 11 is 0. The normalized spacial score (nSPS) is 11.0. The molecule has 0 aliphatic heterocycles. The second-order valence-corrected chi connectivity index (χ2v) is 4.10. The van der Waals surface area contributed by atoms with Crippen LogP contribution in [0.15, 0.2) is 24.5 Å². The van der Waals surface area contributed by atoms with Crippen LogP contribution in [0, 0.1) is 0 Å². The SMILES string of the molecule is CCN(CC)c1ccc2nc(CCN)cn2c1. The molecule has 2 aromatic heterocycles. The smallest absolute Gasteiger partial charge is 0.137 e. The van der Waals surface area contributed by atoms with Crippen molar-refractivity contribution >= 4 is 11.3 Å². The second kappa shape index (κ2) is 5.19. The molecule has 2 heterocycles. The Morgan fingerprint density at radius 1 is 1.24 bits per heavy atom. The van der Waals surface area contributed by atoms with Crippen molar-refractivity contribution in [2.24, 2.45) is 5.73 Å². The van der Waals surface area contributed by atoms with Gasteiger partial charge in [-0.2, -0.15) is 0 Å². The van der Waals surface area contributed by atoms with Crippen molar-refractivity contribution < 1.29 is 0 Å². The minimum Gasteiger partial charge on any atom is -0.371 e. The quantitative estimate of drug-likeness (QED) is 0.853. The van der Waals surface area contributed by atoms with Gasteiger partial charge in [0.25, 0.3) is 0 Å².